The van der Waals surface area contributed by atoms with Gasteiger partial charge in [-0.15, -0.1) is 0 Å². The smallest absolute Gasteiger partial charge is 0.332 e. The van der Waals surface area contributed by atoms with Crippen LogP contribution in [-0.2, 0) is 40.2 Å². The molecule has 42 heavy (non-hydrogen) atoms. The Hall–Kier alpha value is -3.76. The van der Waals surface area contributed by atoms with Crippen molar-refractivity contribution in [2.24, 2.45) is 12.8 Å². The minimum absolute atomic E-state index is 0.0642. The van der Waals surface area contributed by atoms with Crippen molar-refractivity contribution >= 4 is 48.6 Å². The molecule has 4 rings (SSSR count). The number of aryl methyl sites for hydroxylation is 1. The highest BCUT2D eigenvalue weighted by Gasteiger charge is 2.29. The lowest BCUT2D eigenvalue weighted by Crippen LogP contribution is -2.44. The van der Waals surface area contributed by atoms with Gasteiger partial charge in [0.2, 0.25) is 26.0 Å². The first-order valence-electron chi connectivity index (χ1n) is 13.2. The first kappa shape index (κ1) is 31.2. The molecular formula is C26H35N7O7S2. The van der Waals surface area contributed by atoms with E-state index in [1.165, 1.54) is 29.8 Å². The van der Waals surface area contributed by atoms with E-state index in [0.717, 1.165) is 41.6 Å². The quantitative estimate of drug-likeness (QED) is 0.260. The van der Waals surface area contributed by atoms with Crippen molar-refractivity contribution in [1.29, 1.82) is 0 Å². The van der Waals surface area contributed by atoms with Gasteiger partial charge in [0, 0.05) is 38.3 Å². The number of hydrogen-bond acceptors (Lipinski definition) is 10. The average Bonchev–Trinajstić information content (AvgIpc) is 3.27. The first-order chi connectivity index (χ1) is 19.5. The van der Waals surface area contributed by atoms with Crippen molar-refractivity contribution in [3.8, 4) is 0 Å². The Morgan fingerprint density at radius 1 is 1.12 bits per heavy atom. The molecule has 1 aliphatic rings. The molecule has 1 aromatic carbocycles. The summed E-state index contributed by atoms with van der Waals surface area (Å²) < 4.78 is 52.8. The van der Waals surface area contributed by atoms with E-state index in [-0.39, 0.29) is 32.2 Å². The average molecular weight is 622 g/mol. The van der Waals surface area contributed by atoms with E-state index >= 15 is 0 Å². The Morgan fingerprint density at radius 2 is 1.79 bits per heavy atom. The molecule has 0 saturated carbocycles. The van der Waals surface area contributed by atoms with Crippen molar-refractivity contribution in [2.45, 2.75) is 45.8 Å². The Kier molecular flexibility index (Phi) is 8.53. The van der Waals surface area contributed by atoms with E-state index in [0.29, 0.717) is 25.6 Å². The molecule has 1 aliphatic heterocycles. The number of benzene rings is 1. The number of nitrogens with zero attached hydrogens (tertiary/aromatic N) is 6. The number of anilines is 2. The van der Waals surface area contributed by atoms with Gasteiger partial charge in [0.1, 0.15) is 0 Å². The summed E-state index contributed by atoms with van der Waals surface area (Å²) in [5, 5.41) is 0. The molecule has 2 aromatic heterocycles. The molecule has 3 heterocycles. The van der Waals surface area contributed by atoms with Crippen LogP contribution in [0.4, 0.5) is 11.6 Å². The summed E-state index contributed by atoms with van der Waals surface area (Å²) in [5.41, 5.74) is 5.69. The van der Waals surface area contributed by atoms with Crippen molar-refractivity contribution in [2.75, 3.05) is 34.2 Å². The zero-order valence-corrected chi connectivity index (χ0v) is 25.8. The molecule has 16 heteroatoms. The summed E-state index contributed by atoms with van der Waals surface area (Å²) >= 11 is 0. The molecule has 0 amide bonds. The fourth-order valence-electron chi connectivity index (χ4n) is 5.04. The van der Waals surface area contributed by atoms with Gasteiger partial charge >= 0.3 is 5.69 Å². The number of allylic oxidation sites excluding steroid dienone is 2. The fourth-order valence-corrected chi connectivity index (χ4v) is 8.00. The first-order valence-corrected chi connectivity index (χ1v) is 16.9. The highest BCUT2D eigenvalue weighted by atomic mass is 32.3. The fraction of sp³-hybridized carbons (Fsp3) is 0.462. The summed E-state index contributed by atoms with van der Waals surface area (Å²) in [6.45, 7) is 4.70. The number of piperidine rings is 1. The number of nitrogens with two attached hydrogens (primary N) is 1. The molecular weight excluding hydrogens is 586 g/mol. The zero-order valence-electron chi connectivity index (χ0n) is 24.1. The van der Waals surface area contributed by atoms with Gasteiger partial charge in [-0.2, -0.15) is 8.69 Å². The van der Waals surface area contributed by atoms with E-state index in [9.17, 15) is 31.2 Å². The van der Waals surface area contributed by atoms with Crippen LogP contribution in [0.25, 0.3) is 11.2 Å². The van der Waals surface area contributed by atoms with E-state index in [1.54, 1.807) is 4.57 Å². The minimum Gasteiger partial charge on any atom is -0.341 e. The van der Waals surface area contributed by atoms with Gasteiger partial charge in [-0.1, -0.05) is 23.8 Å². The topological polar surface area (TPSA) is 180 Å². The number of rotatable bonds is 9. The van der Waals surface area contributed by atoms with Gasteiger partial charge in [-0.3, -0.25) is 18.7 Å². The standard InChI is InChI=1S/C26H35N7O7S2/c1-17(2)11-13-31-22-23(28-25(31)30-12-7-9-19(27)15-30)29(3)26(36)32(24(22)35)16-21(34)18-8-6-10-20(14-18)33(41(4,37)38)42(5,39)40/h6,8,10-11,14,19H,7,9,12-13,15-16,27H2,1-5H3. The molecule has 1 fully saturated rings. The highest BCUT2D eigenvalue weighted by molar-refractivity contribution is 8.09. The number of ketones is 1. The van der Waals surface area contributed by atoms with Gasteiger partial charge in [0.25, 0.3) is 5.56 Å². The van der Waals surface area contributed by atoms with Crippen LogP contribution in [0.15, 0.2) is 45.5 Å². The van der Waals surface area contributed by atoms with Gasteiger partial charge in [0.15, 0.2) is 16.9 Å². The zero-order chi connectivity index (χ0) is 31.1. The van der Waals surface area contributed by atoms with Crippen LogP contribution in [0.1, 0.15) is 37.0 Å². The summed E-state index contributed by atoms with van der Waals surface area (Å²) in [5.74, 6) is -0.196. The predicted octanol–water partition coefficient (Wildman–Crippen LogP) is 0.399. The SMILES string of the molecule is CC(C)=CCn1c(N2CCCC(N)C2)nc2c1c(=O)n(CC(=O)c1cccc(N(S(C)(=O)=O)S(C)(=O)=O)c1)c(=O)n2C. The van der Waals surface area contributed by atoms with Crippen LogP contribution in [0, 0.1) is 0 Å². The van der Waals surface area contributed by atoms with Crippen LogP contribution in [-0.4, -0.2) is 72.9 Å². The lowest BCUT2D eigenvalue weighted by Gasteiger charge is -2.31. The third-order valence-corrected chi connectivity index (χ3v) is 10.2. The highest BCUT2D eigenvalue weighted by Crippen LogP contribution is 2.24. The third-order valence-electron chi connectivity index (χ3n) is 6.92. The molecule has 14 nitrogen and oxygen atoms in total. The molecule has 0 spiro atoms. The Morgan fingerprint density at radius 3 is 2.38 bits per heavy atom. The number of hydrogen-bond donors (Lipinski definition) is 1. The van der Waals surface area contributed by atoms with E-state index < -0.39 is 43.6 Å². The summed E-state index contributed by atoms with van der Waals surface area (Å²) in [6, 6.07) is 4.92. The maximum Gasteiger partial charge on any atom is 0.332 e. The van der Waals surface area contributed by atoms with Crippen molar-refractivity contribution in [3.63, 3.8) is 0 Å². The van der Waals surface area contributed by atoms with Crippen molar-refractivity contribution < 1.29 is 21.6 Å². The maximum absolute atomic E-state index is 13.8. The maximum atomic E-state index is 13.8. The molecule has 1 saturated heterocycles. The molecule has 1 unspecified atom stereocenters. The van der Waals surface area contributed by atoms with Crippen LogP contribution in [0.3, 0.4) is 0 Å². The number of aromatic nitrogens is 4. The number of imidazole rings is 1. The third kappa shape index (κ3) is 6.19. The summed E-state index contributed by atoms with van der Waals surface area (Å²) in [6.07, 6.45) is 5.09. The molecule has 1 atom stereocenters. The second kappa shape index (κ2) is 11.5. The largest absolute Gasteiger partial charge is 0.341 e. The lowest BCUT2D eigenvalue weighted by atomic mass is 10.1. The minimum atomic E-state index is -4.25. The normalized spacial score (nSPS) is 16.0. The van der Waals surface area contributed by atoms with Gasteiger partial charge < -0.3 is 15.2 Å². The van der Waals surface area contributed by atoms with E-state index in [4.69, 9.17) is 5.73 Å². The van der Waals surface area contributed by atoms with Crippen LogP contribution >= 0.6 is 0 Å². The van der Waals surface area contributed by atoms with E-state index in [1.807, 2.05) is 24.8 Å². The lowest BCUT2D eigenvalue weighted by molar-refractivity contribution is 0.0969. The second-order valence-electron chi connectivity index (χ2n) is 10.8. The molecule has 0 aliphatic carbocycles. The van der Waals surface area contributed by atoms with Crippen LogP contribution in [0.2, 0.25) is 0 Å². The monoisotopic (exact) mass is 621 g/mol. The molecule has 0 radical (unpaired) electrons. The predicted molar refractivity (Wildman–Crippen MR) is 161 cm³/mol. The number of carbonyl (C=O) groups is 1. The number of sulfonamides is 2. The molecule has 2 N–H and O–H groups in total. The summed E-state index contributed by atoms with van der Waals surface area (Å²) in [7, 11) is -7.03. The van der Waals surface area contributed by atoms with Crippen molar-refractivity contribution in [3.05, 3.63) is 62.3 Å². The van der Waals surface area contributed by atoms with Gasteiger partial charge in [-0.05, 0) is 38.8 Å². The Balaban J connectivity index is 1.83. The van der Waals surface area contributed by atoms with Gasteiger partial charge in [0.05, 0.1) is 24.7 Å². The molecule has 228 valence electrons. The number of carbonyl (C=O) groups excluding carboxylic acids is 1. The number of Topliss-reactive ketones (excluding diaryl/α,β-unsaturated/α-hetero) is 1. The number of fused-ring (bicyclic) bond motifs is 1. The molecule has 0 bridgehead atoms. The van der Waals surface area contributed by atoms with Crippen molar-refractivity contribution in [1.82, 2.24) is 18.7 Å². The van der Waals surface area contributed by atoms with Crippen LogP contribution < -0.4 is 25.6 Å². The Bertz CT molecular complexity index is 1890. The molecule has 3 aromatic rings. The van der Waals surface area contributed by atoms with E-state index in [2.05, 4.69) is 4.98 Å². The second-order valence-corrected chi connectivity index (χ2v) is 14.6. The Labute approximate surface area is 243 Å². The van der Waals surface area contributed by atoms with Crippen LogP contribution in [0.5, 0.6) is 0 Å². The van der Waals surface area contributed by atoms with Gasteiger partial charge in [-0.25, -0.2) is 21.6 Å². The summed E-state index contributed by atoms with van der Waals surface area (Å²) in [4.78, 5) is 47.2.